The van der Waals surface area contributed by atoms with E-state index in [-0.39, 0.29) is 17.3 Å². The molecule has 148 valence electrons. The van der Waals surface area contributed by atoms with E-state index in [1.54, 1.807) is 12.4 Å². The van der Waals surface area contributed by atoms with Gasteiger partial charge in [0.05, 0.1) is 0 Å². The molecule has 5 heteroatoms. The van der Waals surface area contributed by atoms with Crippen LogP contribution >= 0.6 is 0 Å². The van der Waals surface area contributed by atoms with E-state index in [1.807, 2.05) is 12.3 Å². The topological polar surface area (TPSA) is 69.6 Å². The Morgan fingerprint density at radius 3 is 2.62 bits per heavy atom. The summed E-state index contributed by atoms with van der Waals surface area (Å²) in [4.78, 5) is 12.9. The Balaban J connectivity index is 1.85. The first-order valence-electron chi connectivity index (χ1n) is 9.96. The first-order valence-corrected chi connectivity index (χ1v) is 9.96. The summed E-state index contributed by atoms with van der Waals surface area (Å²) in [6.45, 7) is 11.2. The minimum Gasteiger partial charge on any atom is -0.368 e. The number of hydrogen-bond acceptors (Lipinski definition) is 4. The molecule has 0 saturated carbocycles. The molecule has 0 bridgehead atoms. The lowest BCUT2D eigenvalue weighted by atomic mass is 9.66. The fraction of sp³-hybridized carbons (Fsp3) is 0.292. The molecule has 3 aromatic rings. The normalized spacial score (nSPS) is 19.0. The molecule has 2 unspecified atom stereocenters. The molecule has 2 atom stereocenters. The van der Waals surface area contributed by atoms with Crippen molar-refractivity contribution in [1.82, 2.24) is 19.5 Å². The van der Waals surface area contributed by atoms with Crippen LogP contribution in [0.2, 0.25) is 0 Å². The zero-order valence-corrected chi connectivity index (χ0v) is 17.5. The third-order valence-corrected chi connectivity index (χ3v) is 6.40. The first kappa shape index (κ1) is 19.1. The fourth-order valence-corrected chi connectivity index (χ4v) is 4.40. The average Bonchev–Trinajstić information content (AvgIpc) is 3.08. The second kappa shape index (κ2) is 6.99. The largest absolute Gasteiger partial charge is 0.368 e. The number of allylic oxidation sites excluding steroid dienone is 5. The second-order valence-corrected chi connectivity index (χ2v) is 7.99. The maximum absolute atomic E-state index is 5.65. The van der Waals surface area contributed by atoms with Gasteiger partial charge in [-0.1, -0.05) is 39.5 Å². The SMILES string of the molecule is C=C1C(C(C)(CC)c2cn(C)c3ncccc23)=CC=C(c2cnc(N)nc2)C1C. The van der Waals surface area contributed by atoms with E-state index >= 15 is 0 Å². The predicted octanol–water partition coefficient (Wildman–Crippen LogP) is 4.83. The third-order valence-electron chi connectivity index (χ3n) is 6.40. The number of aromatic nitrogens is 4. The number of nitrogens with two attached hydrogens (primary N) is 1. The number of pyridine rings is 1. The molecule has 4 rings (SSSR count). The molecule has 0 spiro atoms. The summed E-state index contributed by atoms with van der Waals surface area (Å²) >= 11 is 0. The molecule has 0 amide bonds. The van der Waals surface area contributed by atoms with Crippen molar-refractivity contribution in [2.24, 2.45) is 13.0 Å². The fourth-order valence-electron chi connectivity index (χ4n) is 4.40. The van der Waals surface area contributed by atoms with E-state index in [9.17, 15) is 0 Å². The molecule has 2 N–H and O–H groups in total. The van der Waals surface area contributed by atoms with Gasteiger partial charge in [-0.15, -0.1) is 0 Å². The van der Waals surface area contributed by atoms with Crippen molar-refractivity contribution < 1.29 is 0 Å². The maximum Gasteiger partial charge on any atom is 0.219 e. The number of fused-ring (bicyclic) bond motifs is 1. The molecular formula is C24H27N5. The minimum atomic E-state index is -0.159. The molecule has 0 radical (unpaired) electrons. The van der Waals surface area contributed by atoms with Crippen molar-refractivity contribution in [3.05, 3.63) is 77.9 Å². The first-order chi connectivity index (χ1) is 13.9. The van der Waals surface area contributed by atoms with Crippen molar-refractivity contribution in [1.29, 1.82) is 0 Å². The van der Waals surface area contributed by atoms with Crippen molar-refractivity contribution in [2.45, 2.75) is 32.6 Å². The quantitative estimate of drug-likeness (QED) is 0.698. The van der Waals surface area contributed by atoms with Crippen LogP contribution in [0.1, 0.15) is 38.3 Å². The number of hydrogen-bond donors (Lipinski definition) is 1. The zero-order chi connectivity index (χ0) is 20.8. The lowest BCUT2D eigenvalue weighted by molar-refractivity contribution is 0.536. The van der Waals surface area contributed by atoms with E-state index in [0.29, 0.717) is 0 Å². The average molecular weight is 386 g/mol. The Bertz CT molecular complexity index is 1150. The Labute approximate surface area is 171 Å². The summed E-state index contributed by atoms with van der Waals surface area (Å²) in [5, 5.41) is 1.20. The second-order valence-electron chi connectivity index (χ2n) is 7.99. The molecule has 3 heterocycles. The molecule has 0 aromatic carbocycles. The predicted molar refractivity (Wildman–Crippen MR) is 119 cm³/mol. The maximum atomic E-state index is 5.65. The molecular weight excluding hydrogens is 358 g/mol. The van der Waals surface area contributed by atoms with Crippen LogP contribution in [0.3, 0.4) is 0 Å². The van der Waals surface area contributed by atoms with Gasteiger partial charge < -0.3 is 10.3 Å². The number of nitrogen functional groups attached to an aromatic ring is 1. The third kappa shape index (κ3) is 2.97. The van der Waals surface area contributed by atoms with Gasteiger partial charge in [-0.3, -0.25) is 0 Å². The molecule has 0 saturated heterocycles. The van der Waals surface area contributed by atoms with Crippen molar-refractivity contribution in [3.8, 4) is 0 Å². The lowest BCUT2D eigenvalue weighted by Gasteiger charge is -2.37. The smallest absolute Gasteiger partial charge is 0.219 e. The van der Waals surface area contributed by atoms with Crippen molar-refractivity contribution >= 4 is 22.6 Å². The summed E-state index contributed by atoms with van der Waals surface area (Å²) in [5.74, 6) is 0.456. The monoisotopic (exact) mass is 385 g/mol. The van der Waals surface area contributed by atoms with Crippen LogP contribution in [0.5, 0.6) is 0 Å². The molecule has 5 nitrogen and oxygen atoms in total. The molecule has 1 aliphatic rings. The summed E-state index contributed by atoms with van der Waals surface area (Å²) in [7, 11) is 2.06. The molecule has 1 aliphatic carbocycles. The highest BCUT2D eigenvalue weighted by Crippen LogP contribution is 2.47. The van der Waals surface area contributed by atoms with Crippen LogP contribution in [-0.4, -0.2) is 19.5 Å². The summed E-state index contributed by atoms with van der Waals surface area (Å²) in [6, 6.07) is 4.17. The van der Waals surface area contributed by atoms with E-state index in [2.05, 4.69) is 78.3 Å². The summed E-state index contributed by atoms with van der Waals surface area (Å²) in [6.07, 6.45) is 13.0. The summed E-state index contributed by atoms with van der Waals surface area (Å²) in [5.41, 5.74) is 12.3. The molecule has 0 fully saturated rings. The molecule has 0 aliphatic heterocycles. The standard InChI is InChI=1S/C24H27N5/c1-6-24(4,21-14-29(5)22-19(21)8-7-11-26-22)20-10-9-18(15(2)16(20)3)17-12-27-23(25)28-13-17/h7-15H,3,6H2,1-2,4-5H3,(H2,25,27,28). The van der Waals surface area contributed by atoms with Gasteiger partial charge in [0.15, 0.2) is 0 Å². The van der Waals surface area contributed by atoms with Crippen LogP contribution in [-0.2, 0) is 12.5 Å². The van der Waals surface area contributed by atoms with Gasteiger partial charge in [0.2, 0.25) is 5.95 Å². The van der Waals surface area contributed by atoms with E-state index in [0.717, 1.165) is 28.8 Å². The van der Waals surface area contributed by atoms with Gasteiger partial charge in [-0.2, -0.15) is 0 Å². The van der Waals surface area contributed by atoms with Crippen molar-refractivity contribution in [2.75, 3.05) is 5.73 Å². The Kier molecular flexibility index (Phi) is 4.61. The van der Waals surface area contributed by atoms with Crippen LogP contribution in [0.15, 0.2) is 66.8 Å². The molecule has 3 aromatic heterocycles. The van der Waals surface area contributed by atoms with Gasteiger partial charge >= 0.3 is 0 Å². The van der Waals surface area contributed by atoms with Crippen LogP contribution in [0.4, 0.5) is 5.95 Å². The number of rotatable bonds is 4. The van der Waals surface area contributed by atoms with Gasteiger partial charge in [0.25, 0.3) is 0 Å². The zero-order valence-electron chi connectivity index (χ0n) is 17.5. The lowest BCUT2D eigenvalue weighted by Crippen LogP contribution is -2.28. The van der Waals surface area contributed by atoms with Crippen LogP contribution < -0.4 is 5.73 Å². The number of aryl methyl sites for hydroxylation is 1. The Morgan fingerprint density at radius 1 is 1.21 bits per heavy atom. The van der Waals surface area contributed by atoms with E-state index in [1.165, 1.54) is 16.5 Å². The van der Waals surface area contributed by atoms with E-state index < -0.39 is 0 Å². The van der Waals surface area contributed by atoms with Crippen LogP contribution in [0, 0.1) is 5.92 Å². The van der Waals surface area contributed by atoms with Crippen molar-refractivity contribution in [3.63, 3.8) is 0 Å². The minimum absolute atomic E-state index is 0.159. The van der Waals surface area contributed by atoms with Gasteiger partial charge in [-0.25, -0.2) is 15.0 Å². The highest BCUT2D eigenvalue weighted by Gasteiger charge is 2.36. The summed E-state index contributed by atoms with van der Waals surface area (Å²) < 4.78 is 2.11. The Hall–Kier alpha value is -3.21. The number of nitrogens with zero attached hydrogens (tertiary/aromatic N) is 4. The van der Waals surface area contributed by atoms with E-state index in [4.69, 9.17) is 5.73 Å². The Morgan fingerprint density at radius 2 is 1.93 bits per heavy atom. The van der Waals surface area contributed by atoms with Gasteiger partial charge in [0, 0.05) is 54.1 Å². The molecule has 29 heavy (non-hydrogen) atoms. The highest BCUT2D eigenvalue weighted by molar-refractivity contribution is 5.83. The van der Waals surface area contributed by atoms with Crippen LogP contribution in [0.25, 0.3) is 16.6 Å². The van der Waals surface area contributed by atoms with Gasteiger partial charge in [0.1, 0.15) is 5.65 Å². The highest BCUT2D eigenvalue weighted by atomic mass is 15.0. The van der Waals surface area contributed by atoms with Gasteiger partial charge in [-0.05, 0) is 40.8 Å². The number of anilines is 1.